The smallest absolute Gasteiger partial charge is 0.330 e. The maximum absolute atomic E-state index is 11.3. The third-order valence-electron chi connectivity index (χ3n) is 2.99. The van der Waals surface area contributed by atoms with Gasteiger partial charge in [-0.05, 0) is 25.3 Å². The molecule has 0 saturated carbocycles. The first-order valence-electron chi connectivity index (χ1n) is 6.74. The van der Waals surface area contributed by atoms with Crippen LogP contribution in [0.2, 0.25) is 0 Å². The Morgan fingerprint density at radius 2 is 2.00 bits per heavy atom. The number of rotatable bonds is 7. The second-order valence-electron chi connectivity index (χ2n) is 4.44. The van der Waals surface area contributed by atoms with E-state index in [1.807, 2.05) is 37.3 Å². The zero-order valence-corrected chi connectivity index (χ0v) is 11.6. The normalized spacial score (nSPS) is 14.3. The zero-order valence-electron chi connectivity index (χ0n) is 11.6. The molecule has 0 radical (unpaired) electrons. The number of carbonyl (C=O) groups excluding carboxylic acids is 1. The Hall–Kier alpha value is -1.61. The average molecular weight is 262 g/mol. The lowest BCUT2D eigenvalue weighted by molar-refractivity contribution is -0.137. The van der Waals surface area contributed by atoms with E-state index in [0.29, 0.717) is 19.4 Å². The van der Waals surface area contributed by atoms with E-state index >= 15 is 0 Å². The van der Waals surface area contributed by atoms with E-state index in [2.05, 4.69) is 0 Å². The highest BCUT2D eigenvalue weighted by atomic mass is 16.5. The molecular weight excluding hydrogens is 240 g/mol. The summed E-state index contributed by atoms with van der Waals surface area (Å²) in [6.45, 7) is 4.07. The third kappa shape index (κ3) is 5.71. The van der Waals surface area contributed by atoms with Gasteiger partial charge in [-0.15, -0.1) is 0 Å². The number of carbonyl (C=O) groups is 1. The first kappa shape index (κ1) is 15.4. The fourth-order valence-electron chi connectivity index (χ4n) is 1.91. The van der Waals surface area contributed by atoms with Gasteiger partial charge in [-0.1, -0.05) is 43.3 Å². The van der Waals surface area contributed by atoms with Gasteiger partial charge in [-0.25, -0.2) is 4.79 Å². The highest BCUT2D eigenvalue weighted by Gasteiger charge is 2.15. The highest BCUT2D eigenvalue weighted by Crippen LogP contribution is 2.16. The second kappa shape index (κ2) is 8.48. The van der Waals surface area contributed by atoms with Gasteiger partial charge in [0.2, 0.25) is 0 Å². The molecule has 1 rings (SSSR count). The summed E-state index contributed by atoms with van der Waals surface area (Å²) in [7, 11) is 0. The number of aliphatic hydroxyl groups is 1. The lowest BCUT2D eigenvalue weighted by atomic mass is 9.92. The van der Waals surface area contributed by atoms with E-state index < -0.39 is 6.10 Å². The Kier molecular flexibility index (Phi) is 6.90. The molecule has 3 heteroatoms. The SMILES string of the molecule is CCOC(=O)C=C[C@@H](Cc1ccccc1)[C@@H](O)CC. The van der Waals surface area contributed by atoms with Crippen molar-refractivity contribution in [1.29, 1.82) is 0 Å². The molecule has 0 saturated heterocycles. The minimum atomic E-state index is -0.453. The molecule has 1 N–H and O–H groups in total. The van der Waals surface area contributed by atoms with Gasteiger partial charge < -0.3 is 9.84 Å². The van der Waals surface area contributed by atoms with Crippen LogP contribution >= 0.6 is 0 Å². The van der Waals surface area contributed by atoms with Crippen molar-refractivity contribution in [2.24, 2.45) is 5.92 Å². The average Bonchev–Trinajstić information content (AvgIpc) is 2.44. The van der Waals surface area contributed by atoms with Gasteiger partial charge in [-0.2, -0.15) is 0 Å². The molecule has 104 valence electrons. The lowest BCUT2D eigenvalue weighted by Gasteiger charge is -2.18. The summed E-state index contributed by atoms with van der Waals surface area (Å²) >= 11 is 0. The minimum Gasteiger partial charge on any atom is -0.463 e. The zero-order chi connectivity index (χ0) is 14.1. The van der Waals surface area contributed by atoms with E-state index in [-0.39, 0.29) is 11.9 Å². The van der Waals surface area contributed by atoms with Crippen molar-refractivity contribution in [3.8, 4) is 0 Å². The van der Waals surface area contributed by atoms with Crippen molar-refractivity contribution >= 4 is 5.97 Å². The van der Waals surface area contributed by atoms with Gasteiger partial charge in [0.25, 0.3) is 0 Å². The van der Waals surface area contributed by atoms with Crippen LogP contribution in [0.4, 0.5) is 0 Å². The molecule has 0 aromatic heterocycles. The molecule has 0 fully saturated rings. The van der Waals surface area contributed by atoms with Gasteiger partial charge in [0.1, 0.15) is 0 Å². The van der Waals surface area contributed by atoms with Crippen LogP contribution in [0.1, 0.15) is 25.8 Å². The minimum absolute atomic E-state index is 0.0724. The number of aliphatic hydroxyl groups excluding tert-OH is 1. The van der Waals surface area contributed by atoms with E-state index in [9.17, 15) is 9.90 Å². The second-order valence-corrected chi connectivity index (χ2v) is 4.44. The Morgan fingerprint density at radius 1 is 1.32 bits per heavy atom. The van der Waals surface area contributed by atoms with Crippen molar-refractivity contribution in [2.75, 3.05) is 6.61 Å². The molecule has 0 bridgehead atoms. The Morgan fingerprint density at radius 3 is 2.58 bits per heavy atom. The molecule has 0 spiro atoms. The summed E-state index contributed by atoms with van der Waals surface area (Å²) in [6, 6.07) is 9.95. The van der Waals surface area contributed by atoms with Crippen molar-refractivity contribution in [3.05, 3.63) is 48.0 Å². The van der Waals surface area contributed by atoms with Crippen molar-refractivity contribution < 1.29 is 14.6 Å². The predicted molar refractivity (Wildman–Crippen MR) is 75.7 cm³/mol. The van der Waals surface area contributed by atoms with Crippen LogP contribution in [0.3, 0.4) is 0 Å². The van der Waals surface area contributed by atoms with Gasteiger partial charge in [0.15, 0.2) is 0 Å². The topological polar surface area (TPSA) is 46.5 Å². The maximum atomic E-state index is 11.3. The quantitative estimate of drug-likeness (QED) is 0.607. The Balaban J connectivity index is 2.70. The van der Waals surface area contributed by atoms with E-state index in [4.69, 9.17) is 4.74 Å². The lowest BCUT2D eigenvalue weighted by Crippen LogP contribution is -2.20. The predicted octanol–water partition coefficient (Wildman–Crippen LogP) is 2.74. The number of benzene rings is 1. The Labute approximate surface area is 114 Å². The van der Waals surface area contributed by atoms with E-state index in [1.54, 1.807) is 13.0 Å². The summed E-state index contributed by atoms with van der Waals surface area (Å²) in [5, 5.41) is 10.0. The van der Waals surface area contributed by atoms with Crippen molar-refractivity contribution in [3.63, 3.8) is 0 Å². The number of ether oxygens (including phenoxy) is 1. The first-order valence-corrected chi connectivity index (χ1v) is 6.74. The molecular formula is C16H22O3. The maximum Gasteiger partial charge on any atom is 0.330 e. The van der Waals surface area contributed by atoms with Crippen LogP contribution in [0.15, 0.2) is 42.5 Å². The fourth-order valence-corrected chi connectivity index (χ4v) is 1.91. The van der Waals surface area contributed by atoms with Crippen molar-refractivity contribution in [1.82, 2.24) is 0 Å². The van der Waals surface area contributed by atoms with Gasteiger partial charge in [-0.3, -0.25) is 0 Å². The number of hydrogen-bond acceptors (Lipinski definition) is 3. The molecule has 0 amide bonds. The van der Waals surface area contributed by atoms with E-state index in [1.165, 1.54) is 6.08 Å². The molecule has 0 unspecified atom stereocenters. The summed E-state index contributed by atoms with van der Waals surface area (Å²) in [5.74, 6) is -0.430. The van der Waals surface area contributed by atoms with Crippen LogP contribution in [0.25, 0.3) is 0 Å². The number of esters is 1. The molecule has 0 aliphatic carbocycles. The largest absolute Gasteiger partial charge is 0.463 e. The van der Waals surface area contributed by atoms with Gasteiger partial charge >= 0.3 is 5.97 Å². The standard InChI is InChI=1S/C16H22O3/c1-3-15(17)14(10-11-16(18)19-4-2)12-13-8-6-5-7-9-13/h5-11,14-15,17H,3-4,12H2,1-2H3/t14-,15-/m0/s1. The molecule has 0 aliphatic rings. The summed E-state index contributed by atoms with van der Waals surface area (Å²) < 4.78 is 4.85. The third-order valence-corrected chi connectivity index (χ3v) is 2.99. The van der Waals surface area contributed by atoms with Crippen LogP contribution in [-0.4, -0.2) is 23.8 Å². The monoisotopic (exact) mass is 262 g/mol. The molecule has 0 heterocycles. The summed E-state index contributed by atoms with van der Waals surface area (Å²) in [4.78, 5) is 11.3. The van der Waals surface area contributed by atoms with E-state index in [0.717, 1.165) is 5.56 Å². The molecule has 1 aromatic carbocycles. The van der Waals surface area contributed by atoms with Crippen LogP contribution in [0, 0.1) is 5.92 Å². The van der Waals surface area contributed by atoms with Crippen molar-refractivity contribution in [2.45, 2.75) is 32.8 Å². The molecule has 0 aliphatic heterocycles. The first-order chi connectivity index (χ1) is 9.17. The molecule has 2 atom stereocenters. The summed E-state index contributed by atoms with van der Waals surface area (Å²) in [5.41, 5.74) is 1.15. The number of hydrogen-bond donors (Lipinski definition) is 1. The highest BCUT2D eigenvalue weighted by molar-refractivity contribution is 5.81. The van der Waals surface area contributed by atoms with Crippen LogP contribution in [0.5, 0.6) is 0 Å². The molecule has 19 heavy (non-hydrogen) atoms. The summed E-state index contributed by atoms with van der Waals surface area (Å²) in [6.07, 6.45) is 4.08. The van der Waals surface area contributed by atoms with Gasteiger partial charge in [0.05, 0.1) is 12.7 Å². The molecule has 1 aromatic rings. The van der Waals surface area contributed by atoms with Gasteiger partial charge in [0, 0.05) is 12.0 Å². The molecule has 3 nitrogen and oxygen atoms in total. The Bertz CT molecular complexity index is 398. The van der Waals surface area contributed by atoms with Crippen LogP contribution in [-0.2, 0) is 16.0 Å². The fraction of sp³-hybridized carbons (Fsp3) is 0.438. The van der Waals surface area contributed by atoms with Crippen LogP contribution < -0.4 is 0 Å².